The van der Waals surface area contributed by atoms with E-state index in [9.17, 15) is 17.6 Å². The topological polar surface area (TPSA) is 66.5 Å². The quantitative estimate of drug-likeness (QED) is 0.345. The van der Waals surface area contributed by atoms with Crippen molar-refractivity contribution in [2.45, 2.75) is 17.6 Å². The summed E-state index contributed by atoms with van der Waals surface area (Å²) in [5, 5.41) is 6.88. The molecule has 8 heteroatoms. The lowest BCUT2D eigenvalue weighted by atomic mass is 9.96. The highest BCUT2D eigenvalue weighted by molar-refractivity contribution is 7.94. The summed E-state index contributed by atoms with van der Waals surface area (Å²) in [5.74, 6) is -0.763. The zero-order valence-corrected chi connectivity index (χ0v) is 20.3. The van der Waals surface area contributed by atoms with E-state index in [-0.39, 0.29) is 15.8 Å². The number of thiophene rings is 1. The van der Waals surface area contributed by atoms with Gasteiger partial charge in [0.2, 0.25) is 5.91 Å². The third-order valence-electron chi connectivity index (χ3n) is 5.54. The zero-order chi connectivity index (χ0) is 24.1. The van der Waals surface area contributed by atoms with Crippen molar-refractivity contribution in [1.29, 1.82) is 0 Å². The monoisotopic (exact) mass is 496 g/mol. The molecule has 34 heavy (non-hydrogen) atoms. The molecule has 0 saturated heterocycles. The van der Waals surface area contributed by atoms with Crippen LogP contribution in [-0.4, -0.2) is 27.4 Å². The number of amides is 1. The Morgan fingerprint density at radius 1 is 1.00 bits per heavy atom. The van der Waals surface area contributed by atoms with Gasteiger partial charge in [-0.3, -0.25) is 9.10 Å². The predicted octanol–water partition coefficient (Wildman–Crippen LogP) is 5.23. The van der Waals surface area contributed by atoms with Crippen LogP contribution in [0.15, 0.2) is 88.5 Å². The average molecular weight is 497 g/mol. The highest BCUT2D eigenvalue weighted by Crippen LogP contribution is 2.27. The van der Waals surface area contributed by atoms with Gasteiger partial charge >= 0.3 is 0 Å². The Hall–Kier alpha value is -3.23. The summed E-state index contributed by atoms with van der Waals surface area (Å²) in [5.41, 5.74) is 1.43. The van der Waals surface area contributed by atoms with E-state index in [2.05, 4.69) is 29.6 Å². The summed E-state index contributed by atoms with van der Waals surface area (Å²) in [7, 11) is -3.96. The molecule has 1 aromatic heterocycles. The van der Waals surface area contributed by atoms with Gasteiger partial charge in [-0.15, -0.1) is 11.3 Å². The first kappa shape index (κ1) is 23.9. The fourth-order valence-electron chi connectivity index (χ4n) is 3.83. The molecule has 1 atom stereocenters. The minimum absolute atomic E-state index is 0.119. The van der Waals surface area contributed by atoms with Crippen molar-refractivity contribution in [3.8, 4) is 0 Å². The zero-order valence-electron chi connectivity index (χ0n) is 18.6. The molecule has 1 N–H and O–H groups in total. The smallest absolute Gasteiger partial charge is 0.274 e. The number of hydrogen-bond donors (Lipinski definition) is 1. The van der Waals surface area contributed by atoms with Crippen LogP contribution >= 0.6 is 11.3 Å². The molecule has 1 heterocycles. The van der Waals surface area contributed by atoms with Gasteiger partial charge in [-0.05, 0) is 64.4 Å². The number of nitrogens with zero attached hydrogens (tertiary/aromatic N) is 1. The molecule has 1 unspecified atom stereocenters. The maximum Gasteiger partial charge on any atom is 0.274 e. The molecule has 0 fully saturated rings. The molecule has 1 amide bonds. The third kappa shape index (κ3) is 5.46. The fourth-order valence-corrected chi connectivity index (χ4v) is 6.36. The van der Waals surface area contributed by atoms with E-state index < -0.39 is 28.3 Å². The van der Waals surface area contributed by atoms with Crippen LogP contribution in [0.3, 0.4) is 0 Å². The van der Waals surface area contributed by atoms with Crippen molar-refractivity contribution in [3.05, 3.63) is 95.6 Å². The van der Waals surface area contributed by atoms with Crippen molar-refractivity contribution < 1.29 is 17.6 Å². The Kier molecular flexibility index (Phi) is 7.29. The van der Waals surface area contributed by atoms with Gasteiger partial charge in [0.1, 0.15) is 16.6 Å². The van der Waals surface area contributed by atoms with Crippen LogP contribution < -0.4 is 9.62 Å². The minimum atomic E-state index is -3.96. The molecular formula is C26H25FN2O3S2. The van der Waals surface area contributed by atoms with E-state index in [1.807, 2.05) is 25.1 Å². The summed E-state index contributed by atoms with van der Waals surface area (Å²) in [6.07, 6.45) is 0.775. The van der Waals surface area contributed by atoms with E-state index in [0.717, 1.165) is 22.1 Å². The summed E-state index contributed by atoms with van der Waals surface area (Å²) in [4.78, 5) is 12.8. The first-order valence-corrected chi connectivity index (χ1v) is 13.2. The number of rotatable bonds is 9. The van der Waals surface area contributed by atoms with E-state index in [0.29, 0.717) is 6.54 Å². The molecule has 5 nitrogen and oxygen atoms in total. The molecular weight excluding hydrogens is 471 g/mol. The standard InChI is InChI=1S/C26H25FN2O3S2/c1-19(16-21-8-4-7-20-6-2-3-9-24(20)21)17-28-25(30)18-29(23-13-11-22(27)12-14-23)34(31,32)26-10-5-15-33-26/h2-15,19H,16-18H2,1H3,(H,28,30). The van der Waals surface area contributed by atoms with E-state index in [1.54, 1.807) is 11.4 Å². The number of nitrogens with one attached hydrogen (secondary N) is 1. The molecule has 0 aliphatic carbocycles. The average Bonchev–Trinajstić information content (AvgIpc) is 3.38. The fraction of sp³-hybridized carbons (Fsp3) is 0.192. The Labute approximate surface area is 202 Å². The molecule has 0 radical (unpaired) electrons. The van der Waals surface area contributed by atoms with Gasteiger partial charge in [-0.2, -0.15) is 0 Å². The molecule has 176 valence electrons. The number of anilines is 1. The molecule has 4 rings (SSSR count). The molecule has 0 aliphatic heterocycles. The van der Waals surface area contributed by atoms with Crippen LogP contribution in [0.2, 0.25) is 0 Å². The first-order valence-electron chi connectivity index (χ1n) is 10.9. The highest BCUT2D eigenvalue weighted by Gasteiger charge is 2.28. The van der Waals surface area contributed by atoms with Crippen LogP contribution in [0, 0.1) is 11.7 Å². The number of hydrogen-bond acceptors (Lipinski definition) is 4. The van der Waals surface area contributed by atoms with Gasteiger partial charge in [0.05, 0.1) is 5.69 Å². The van der Waals surface area contributed by atoms with Crippen LogP contribution in [0.4, 0.5) is 10.1 Å². The Balaban J connectivity index is 1.45. The van der Waals surface area contributed by atoms with Crippen molar-refractivity contribution in [2.75, 3.05) is 17.4 Å². The molecule has 0 saturated carbocycles. The van der Waals surface area contributed by atoms with E-state index >= 15 is 0 Å². The largest absolute Gasteiger partial charge is 0.354 e. The van der Waals surface area contributed by atoms with Crippen molar-refractivity contribution in [1.82, 2.24) is 5.32 Å². The van der Waals surface area contributed by atoms with E-state index in [4.69, 9.17) is 0 Å². The van der Waals surface area contributed by atoms with Gasteiger partial charge in [0, 0.05) is 6.54 Å². The normalized spacial score (nSPS) is 12.4. The second-order valence-corrected chi connectivity index (χ2v) is 11.2. The number of halogens is 1. The Morgan fingerprint density at radius 3 is 2.47 bits per heavy atom. The number of carbonyl (C=O) groups excluding carboxylic acids is 1. The maximum atomic E-state index is 13.4. The van der Waals surface area contributed by atoms with Crippen molar-refractivity contribution in [2.24, 2.45) is 5.92 Å². The van der Waals surface area contributed by atoms with Crippen LogP contribution in [0.5, 0.6) is 0 Å². The first-order chi connectivity index (χ1) is 16.3. The van der Waals surface area contributed by atoms with E-state index in [1.165, 1.54) is 46.7 Å². The maximum absolute atomic E-state index is 13.4. The second-order valence-electron chi connectivity index (χ2n) is 8.17. The molecule has 0 bridgehead atoms. The van der Waals surface area contributed by atoms with Gasteiger partial charge in [0.15, 0.2) is 0 Å². The minimum Gasteiger partial charge on any atom is -0.354 e. The molecule has 0 aliphatic rings. The SMILES string of the molecule is CC(CNC(=O)CN(c1ccc(F)cc1)S(=O)(=O)c1cccs1)Cc1cccc2ccccc12. The lowest BCUT2D eigenvalue weighted by Gasteiger charge is -2.24. The third-order valence-corrected chi connectivity index (χ3v) is 8.68. The van der Waals surface area contributed by atoms with Crippen molar-refractivity contribution in [3.63, 3.8) is 0 Å². The summed E-state index contributed by atoms with van der Waals surface area (Å²) in [6.45, 7) is 2.05. The van der Waals surface area contributed by atoms with Crippen LogP contribution in [0.1, 0.15) is 12.5 Å². The second kappa shape index (κ2) is 10.4. The van der Waals surface area contributed by atoms with Crippen LogP contribution in [0.25, 0.3) is 10.8 Å². The predicted molar refractivity (Wildman–Crippen MR) is 135 cm³/mol. The number of sulfonamides is 1. The van der Waals surface area contributed by atoms with Gasteiger partial charge in [-0.25, -0.2) is 12.8 Å². The van der Waals surface area contributed by atoms with Crippen LogP contribution in [-0.2, 0) is 21.2 Å². The van der Waals surface area contributed by atoms with Gasteiger partial charge in [-0.1, -0.05) is 55.5 Å². The summed E-state index contributed by atoms with van der Waals surface area (Å²) >= 11 is 1.07. The molecule has 0 spiro atoms. The summed E-state index contributed by atoms with van der Waals surface area (Å²) in [6, 6.07) is 22.6. The van der Waals surface area contributed by atoms with Crippen molar-refractivity contribution >= 4 is 43.7 Å². The lowest BCUT2D eigenvalue weighted by molar-refractivity contribution is -0.119. The highest BCUT2D eigenvalue weighted by atomic mass is 32.2. The number of carbonyl (C=O) groups is 1. The number of fused-ring (bicyclic) bond motifs is 1. The molecule has 4 aromatic rings. The Bertz CT molecular complexity index is 1370. The van der Waals surface area contributed by atoms with Gasteiger partial charge < -0.3 is 5.32 Å². The van der Waals surface area contributed by atoms with Gasteiger partial charge in [0.25, 0.3) is 10.0 Å². The lowest BCUT2D eigenvalue weighted by Crippen LogP contribution is -2.42. The number of benzene rings is 3. The molecule has 3 aromatic carbocycles. The summed E-state index contributed by atoms with van der Waals surface area (Å²) < 4.78 is 40.9. The Morgan fingerprint density at radius 2 is 1.74 bits per heavy atom.